The normalized spacial score (nSPS) is 18.8. The fraction of sp³-hybridized carbons (Fsp3) is 0.897. The lowest BCUT2D eigenvalue weighted by Crippen LogP contribution is -2.49. The molecule has 1 amide bonds. The molecule has 1 unspecified atom stereocenters. The fourth-order valence-electron chi connectivity index (χ4n) is 4.30. The average Bonchev–Trinajstić information content (AvgIpc) is 2.81. The Morgan fingerprint density at radius 1 is 1.03 bits per heavy atom. The number of hydrogen-bond acceptors (Lipinski definition) is 5. The third-order valence-corrected chi connectivity index (χ3v) is 6.42. The highest BCUT2D eigenvalue weighted by molar-refractivity contribution is 5.68. The Morgan fingerprint density at radius 3 is 2.17 bits per heavy atom. The first-order valence-corrected chi connectivity index (χ1v) is 14.3. The Hall–Kier alpha value is -1.11. The van der Waals surface area contributed by atoms with Gasteiger partial charge in [-0.3, -0.25) is 0 Å². The molecule has 1 heterocycles. The largest absolute Gasteiger partial charge is 0.444 e. The third kappa shape index (κ3) is 17.1. The van der Waals surface area contributed by atoms with Crippen molar-refractivity contribution in [2.24, 2.45) is 0 Å². The Morgan fingerprint density at radius 2 is 1.63 bits per heavy atom. The molecule has 6 heteroatoms. The number of allylic oxidation sites excluding steroid dienone is 1. The molecule has 0 aromatic carbocycles. The Labute approximate surface area is 215 Å². The molecule has 3 atom stereocenters. The molecule has 0 aromatic rings. The van der Waals surface area contributed by atoms with Gasteiger partial charge in [0.2, 0.25) is 0 Å². The molecule has 206 valence electrons. The number of unbranched alkanes of at least 4 members (excludes halogenated alkanes) is 11. The van der Waals surface area contributed by atoms with Gasteiger partial charge in [-0.1, -0.05) is 77.2 Å². The molecule has 35 heavy (non-hydrogen) atoms. The zero-order valence-electron chi connectivity index (χ0n) is 23.4. The van der Waals surface area contributed by atoms with Crippen molar-refractivity contribution in [3.63, 3.8) is 0 Å². The molecule has 0 aliphatic carbocycles. The van der Waals surface area contributed by atoms with E-state index >= 15 is 0 Å². The van der Waals surface area contributed by atoms with Crippen LogP contribution in [0.25, 0.3) is 0 Å². The van der Waals surface area contributed by atoms with E-state index in [1.807, 2.05) is 27.7 Å². The smallest absolute Gasteiger partial charge is 0.408 e. The van der Waals surface area contributed by atoms with Gasteiger partial charge in [-0.05, 0) is 65.4 Å². The number of nitrogens with one attached hydrogen (secondary N) is 1. The maximum atomic E-state index is 12.4. The van der Waals surface area contributed by atoms with Crippen LogP contribution in [0.4, 0.5) is 4.79 Å². The van der Waals surface area contributed by atoms with E-state index in [0.29, 0.717) is 6.61 Å². The SMILES string of the molecule is CCCCCCCCCCCCCC=C(C)[C@H](O)[C@@H](COC1CCCCO1)NC(=O)OC(C)(C)C. The van der Waals surface area contributed by atoms with E-state index < -0.39 is 23.8 Å². The van der Waals surface area contributed by atoms with E-state index in [4.69, 9.17) is 14.2 Å². The first-order valence-electron chi connectivity index (χ1n) is 14.3. The molecule has 1 saturated heterocycles. The standard InChI is InChI=1S/C29H55NO5/c1-6-7-8-9-10-11-12-13-14-15-16-17-20-24(2)27(31)25(30-28(32)35-29(3,4)5)23-34-26-21-18-19-22-33-26/h20,25-27,31H,6-19,21-23H2,1-5H3,(H,30,32)/t25-,26?,27+/m1/s1. The number of aliphatic hydroxyl groups excluding tert-OH is 1. The van der Waals surface area contributed by atoms with Crippen molar-refractivity contribution in [3.05, 3.63) is 11.6 Å². The van der Waals surface area contributed by atoms with Crippen LogP contribution in [0.15, 0.2) is 11.6 Å². The van der Waals surface area contributed by atoms with E-state index in [-0.39, 0.29) is 12.9 Å². The van der Waals surface area contributed by atoms with Gasteiger partial charge >= 0.3 is 6.09 Å². The number of aliphatic hydroxyl groups is 1. The number of alkyl carbamates (subject to hydrolysis) is 1. The minimum absolute atomic E-state index is 0.175. The Kier molecular flexibility index (Phi) is 17.4. The van der Waals surface area contributed by atoms with Gasteiger partial charge in [0.05, 0.1) is 18.8 Å². The average molecular weight is 498 g/mol. The summed E-state index contributed by atoms with van der Waals surface area (Å²) in [6.07, 6.45) is 18.8. The first-order chi connectivity index (χ1) is 16.7. The predicted octanol–water partition coefficient (Wildman–Crippen LogP) is 7.43. The van der Waals surface area contributed by atoms with E-state index in [1.165, 1.54) is 64.2 Å². The maximum Gasteiger partial charge on any atom is 0.408 e. The molecular weight excluding hydrogens is 442 g/mol. The molecule has 0 saturated carbocycles. The molecule has 2 N–H and O–H groups in total. The van der Waals surface area contributed by atoms with Crippen LogP contribution >= 0.6 is 0 Å². The number of ether oxygens (including phenoxy) is 3. The molecular formula is C29H55NO5. The lowest BCUT2D eigenvalue weighted by Gasteiger charge is -2.29. The van der Waals surface area contributed by atoms with E-state index in [9.17, 15) is 9.90 Å². The summed E-state index contributed by atoms with van der Waals surface area (Å²) in [6.45, 7) is 10.5. The van der Waals surface area contributed by atoms with Crippen LogP contribution in [0, 0.1) is 0 Å². The monoisotopic (exact) mass is 497 g/mol. The van der Waals surface area contributed by atoms with Crippen molar-refractivity contribution in [2.75, 3.05) is 13.2 Å². The zero-order chi connectivity index (χ0) is 25.9. The van der Waals surface area contributed by atoms with Gasteiger partial charge in [-0.2, -0.15) is 0 Å². The van der Waals surface area contributed by atoms with Crippen molar-refractivity contribution in [3.8, 4) is 0 Å². The summed E-state index contributed by atoms with van der Waals surface area (Å²) in [4.78, 5) is 12.4. The van der Waals surface area contributed by atoms with Gasteiger partial charge < -0.3 is 24.6 Å². The summed E-state index contributed by atoms with van der Waals surface area (Å²) >= 11 is 0. The summed E-state index contributed by atoms with van der Waals surface area (Å²) in [5, 5.41) is 13.8. The topological polar surface area (TPSA) is 77.0 Å². The lowest BCUT2D eigenvalue weighted by atomic mass is 10.0. The van der Waals surface area contributed by atoms with Gasteiger partial charge in [0.1, 0.15) is 5.60 Å². The van der Waals surface area contributed by atoms with Crippen molar-refractivity contribution in [1.29, 1.82) is 0 Å². The molecule has 0 bridgehead atoms. The van der Waals surface area contributed by atoms with Gasteiger partial charge in [-0.15, -0.1) is 0 Å². The minimum atomic E-state index is -0.834. The molecule has 1 aliphatic rings. The zero-order valence-corrected chi connectivity index (χ0v) is 23.4. The second kappa shape index (κ2) is 19.1. The van der Waals surface area contributed by atoms with Crippen LogP contribution in [0.3, 0.4) is 0 Å². The summed E-state index contributed by atoms with van der Waals surface area (Å²) in [6, 6.07) is -0.594. The van der Waals surface area contributed by atoms with E-state index in [0.717, 1.165) is 37.7 Å². The third-order valence-electron chi connectivity index (χ3n) is 6.42. The first kappa shape index (κ1) is 31.9. The van der Waals surface area contributed by atoms with Gasteiger partial charge in [0.25, 0.3) is 0 Å². The van der Waals surface area contributed by atoms with Gasteiger partial charge in [0, 0.05) is 6.61 Å². The number of carbonyl (C=O) groups excluding carboxylic acids is 1. The van der Waals surface area contributed by atoms with Crippen molar-refractivity contribution in [1.82, 2.24) is 5.32 Å². The highest BCUT2D eigenvalue weighted by Gasteiger charge is 2.27. The minimum Gasteiger partial charge on any atom is -0.444 e. The summed E-state index contributed by atoms with van der Waals surface area (Å²) in [7, 11) is 0. The van der Waals surface area contributed by atoms with Gasteiger partial charge in [0.15, 0.2) is 6.29 Å². The molecule has 0 aromatic heterocycles. The fourth-order valence-corrected chi connectivity index (χ4v) is 4.30. The summed E-state index contributed by atoms with van der Waals surface area (Å²) in [5.74, 6) is 0. The van der Waals surface area contributed by atoms with E-state index in [2.05, 4.69) is 18.3 Å². The van der Waals surface area contributed by atoms with Crippen LogP contribution in [-0.4, -0.2) is 48.5 Å². The Bertz CT molecular complexity index is 566. The predicted molar refractivity (Wildman–Crippen MR) is 144 cm³/mol. The number of hydrogen-bond donors (Lipinski definition) is 2. The Balaban J connectivity index is 2.38. The maximum absolute atomic E-state index is 12.4. The highest BCUT2D eigenvalue weighted by Crippen LogP contribution is 2.17. The van der Waals surface area contributed by atoms with Crippen molar-refractivity contribution in [2.45, 2.75) is 155 Å². The molecule has 0 spiro atoms. The molecule has 0 radical (unpaired) electrons. The molecule has 1 aliphatic heterocycles. The van der Waals surface area contributed by atoms with E-state index in [1.54, 1.807) is 0 Å². The van der Waals surface area contributed by atoms with Crippen LogP contribution in [-0.2, 0) is 14.2 Å². The number of amides is 1. The van der Waals surface area contributed by atoms with Gasteiger partial charge in [-0.25, -0.2) is 4.79 Å². The van der Waals surface area contributed by atoms with Crippen molar-refractivity contribution >= 4 is 6.09 Å². The van der Waals surface area contributed by atoms with Crippen LogP contribution in [0.1, 0.15) is 131 Å². The van der Waals surface area contributed by atoms with Crippen LogP contribution < -0.4 is 5.32 Å². The molecule has 1 fully saturated rings. The van der Waals surface area contributed by atoms with Crippen LogP contribution in [0.2, 0.25) is 0 Å². The summed E-state index contributed by atoms with van der Waals surface area (Å²) in [5.41, 5.74) is 0.249. The lowest BCUT2D eigenvalue weighted by molar-refractivity contribution is -0.168. The highest BCUT2D eigenvalue weighted by atomic mass is 16.7. The van der Waals surface area contributed by atoms with Crippen LogP contribution in [0.5, 0.6) is 0 Å². The number of rotatable bonds is 18. The quantitative estimate of drug-likeness (QED) is 0.152. The second-order valence-electron chi connectivity index (χ2n) is 11.1. The molecule has 1 rings (SSSR count). The number of carbonyl (C=O) groups is 1. The molecule has 6 nitrogen and oxygen atoms in total. The van der Waals surface area contributed by atoms with Crippen molar-refractivity contribution < 1.29 is 24.1 Å². The summed E-state index contributed by atoms with van der Waals surface area (Å²) < 4.78 is 16.9. The second-order valence-corrected chi connectivity index (χ2v) is 11.1.